The van der Waals surface area contributed by atoms with Gasteiger partial charge in [0.1, 0.15) is 17.9 Å². The smallest absolute Gasteiger partial charge is 0.325 e. The van der Waals surface area contributed by atoms with Crippen molar-refractivity contribution in [2.45, 2.75) is 32.4 Å². The van der Waals surface area contributed by atoms with Gasteiger partial charge in [0.15, 0.2) is 0 Å². The lowest BCUT2D eigenvalue weighted by Crippen LogP contribution is -2.44. The van der Waals surface area contributed by atoms with Crippen molar-refractivity contribution in [3.8, 4) is 6.07 Å². The molecule has 2 atom stereocenters. The summed E-state index contributed by atoms with van der Waals surface area (Å²) < 4.78 is 13.2. The molecule has 0 bridgehead atoms. The summed E-state index contributed by atoms with van der Waals surface area (Å²) in [5.41, 5.74) is 0.337. The number of nitrogens with one attached hydrogen (secondary N) is 2. The van der Waals surface area contributed by atoms with Crippen molar-refractivity contribution in [2.75, 3.05) is 6.54 Å². The number of urea groups is 1. The number of halogens is 1. The first kappa shape index (κ1) is 22.0. The molecule has 1 aliphatic rings. The number of carbonyl (C=O) groups is 3. The molecule has 1 aliphatic heterocycles. The van der Waals surface area contributed by atoms with Crippen LogP contribution >= 0.6 is 0 Å². The van der Waals surface area contributed by atoms with E-state index in [2.05, 4.69) is 10.6 Å². The van der Waals surface area contributed by atoms with Gasteiger partial charge in [0.05, 0.1) is 17.7 Å². The minimum atomic E-state index is -1.33. The molecule has 2 aromatic rings. The molecule has 1 heterocycles. The Kier molecular flexibility index (Phi) is 6.07. The quantitative estimate of drug-likeness (QED) is 0.699. The van der Waals surface area contributed by atoms with Gasteiger partial charge in [-0.25, -0.2) is 9.18 Å². The Morgan fingerprint density at radius 3 is 2.32 bits per heavy atom. The van der Waals surface area contributed by atoms with Crippen molar-refractivity contribution in [2.24, 2.45) is 5.92 Å². The molecule has 8 heteroatoms. The summed E-state index contributed by atoms with van der Waals surface area (Å²) in [5.74, 6) is -1.43. The summed E-state index contributed by atoms with van der Waals surface area (Å²) in [4.78, 5) is 39.0. The number of benzene rings is 2. The Labute approximate surface area is 179 Å². The highest BCUT2D eigenvalue weighted by Crippen LogP contribution is 2.29. The lowest BCUT2D eigenvalue weighted by atomic mass is 9.91. The van der Waals surface area contributed by atoms with Gasteiger partial charge in [-0.15, -0.1) is 0 Å². The third kappa shape index (κ3) is 4.40. The van der Waals surface area contributed by atoms with Crippen molar-refractivity contribution in [3.63, 3.8) is 0 Å². The molecule has 0 aliphatic carbocycles. The fourth-order valence-electron chi connectivity index (χ4n) is 3.58. The van der Waals surface area contributed by atoms with Crippen LogP contribution in [0.5, 0.6) is 0 Å². The third-order valence-corrected chi connectivity index (χ3v) is 5.38. The Hall–Kier alpha value is -3.73. The highest BCUT2D eigenvalue weighted by molar-refractivity contribution is 6.09. The molecule has 0 saturated carbocycles. The van der Waals surface area contributed by atoms with Gasteiger partial charge in [0.25, 0.3) is 5.91 Å². The average molecular weight is 422 g/mol. The van der Waals surface area contributed by atoms with Crippen molar-refractivity contribution >= 4 is 17.8 Å². The van der Waals surface area contributed by atoms with Gasteiger partial charge in [0.2, 0.25) is 5.91 Å². The molecule has 2 aromatic carbocycles. The van der Waals surface area contributed by atoms with E-state index in [0.717, 1.165) is 10.5 Å². The predicted octanol–water partition coefficient (Wildman–Crippen LogP) is 2.98. The minimum Gasteiger partial charge on any atom is -0.347 e. The number of amides is 4. The van der Waals surface area contributed by atoms with Gasteiger partial charge in [-0.3, -0.25) is 14.5 Å². The summed E-state index contributed by atoms with van der Waals surface area (Å²) in [6.07, 6.45) is 0. The maximum atomic E-state index is 13.2. The van der Waals surface area contributed by atoms with E-state index in [0.29, 0.717) is 11.1 Å². The molecule has 1 fully saturated rings. The molecule has 2 unspecified atom stereocenters. The molecule has 7 nitrogen and oxygen atoms in total. The number of hydrogen-bond acceptors (Lipinski definition) is 4. The first-order chi connectivity index (χ1) is 14.7. The number of imide groups is 1. The van der Waals surface area contributed by atoms with E-state index in [1.807, 2.05) is 19.9 Å². The van der Waals surface area contributed by atoms with Gasteiger partial charge in [-0.1, -0.05) is 38.1 Å². The highest BCUT2D eigenvalue weighted by atomic mass is 19.1. The van der Waals surface area contributed by atoms with Crippen LogP contribution in [0.3, 0.4) is 0 Å². The van der Waals surface area contributed by atoms with Gasteiger partial charge < -0.3 is 10.6 Å². The van der Waals surface area contributed by atoms with Gasteiger partial charge in [-0.2, -0.15) is 5.26 Å². The van der Waals surface area contributed by atoms with Crippen molar-refractivity contribution in [3.05, 3.63) is 71.0 Å². The van der Waals surface area contributed by atoms with Gasteiger partial charge in [0, 0.05) is 0 Å². The first-order valence-electron chi connectivity index (χ1n) is 9.85. The largest absolute Gasteiger partial charge is 0.347 e. The van der Waals surface area contributed by atoms with E-state index < -0.39 is 36.0 Å². The fourth-order valence-corrected chi connectivity index (χ4v) is 3.58. The lowest BCUT2D eigenvalue weighted by Gasteiger charge is -2.25. The highest BCUT2D eigenvalue weighted by Gasteiger charge is 2.49. The van der Waals surface area contributed by atoms with Crippen molar-refractivity contribution < 1.29 is 18.8 Å². The van der Waals surface area contributed by atoms with Crippen LogP contribution in [0.15, 0.2) is 48.5 Å². The summed E-state index contributed by atoms with van der Waals surface area (Å²) >= 11 is 0. The molecule has 3 rings (SSSR count). The average Bonchev–Trinajstić information content (AvgIpc) is 2.96. The predicted molar refractivity (Wildman–Crippen MR) is 111 cm³/mol. The molecule has 0 aromatic heterocycles. The van der Waals surface area contributed by atoms with Gasteiger partial charge in [-0.05, 0) is 48.2 Å². The second kappa shape index (κ2) is 8.56. The Balaban J connectivity index is 1.74. The lowest BCUT2D eigenvalue weighted by molar-refractivity contribution is -0.135. The van der Waals surface area contributed by atoms with Crippen LogP contribution in [0, 0.1) is 23.1 Å². The second-order valence-electron chi connectivity index (χ2n) is 7.98. The van der Waals surface area contributed by atoms with Crippen LogP contribution in [0.2, 0.25) is 0 Å². The molecule has 1 saturated heterocycles. The number of nitrogens with zero attached hydrogens (tertiary/aromatic N) is 2. The van der Waals surface area contributed by atoms with E-state index in [1.54, 1.807) is 43.3 Å². The monoisotopic (exact) mass is 422 g/mol. The second-order valence-corrected chi connectivity index (χ2v) is 7.98. The van der Waals surface area contributed by atoms with Crippen LogP contribution in [0.4, 0.5) is 9.18 Å². The molecule has 0 spiro atoms. The van der Waals surface area contributed by atoms with Crippen LogP contribution in [-0.4, -0.2) is 29.3 Å². The number of hydrogen-bond donors (Lipinski definition) is 2. The Bertz CT molecular complexity index is 1040. The van der Waals surface area contributed by atoms with E-state index in [9.17, 15) is 18.8 Å². The summed E-state index contributed by atoms with van der Waals surface area (Å²) in [5, 5.41) is 14.4. The van der Waals surface area contributed by atoms with Crippen LogP contribution < -0.4 is 10.6 Å². The molecular weight excluding hydrogens is 399 g/mol. The molecule has 0 radical (unpaired) electrons. The Morgan fingerprint density at radius 1 is 1.16 bits per heavy atom. The summed E-state index contributed by atoms with van der Waals surface area (Å²) in [7, 11) is 0. The topological polar surface area (TPSA) is 102 Å². The zero-order valence-corrected chi connectivity index (χ0v) is 17.5. The first-order valence-corrected chi connectivity index (χ1v) is 9.85. The summed E-state index contributed by atoms with van der Waals surface area (Å²) in [6.45, 7) is 4.93. The molecule has 160 valence electrons. The van der Waals surface area contributed by atoms with E-state index in [4.69, 9.17) is 5.26 Å². The standard InChI is InChI=1S/C23H23FN4O3/c1-14(2)20(16-6-10-18(24)11-7-16)26-19(29)13-28-21(30)23(3,27-22(28)31)17-8-4-15(12-25)5-9-17/h4-11,14,20H,13H2,1-3H3,(H,26,29)(H,27,31). The zero-order valence-electron chi connectivity index (χ0n) is 17.5. The van der Waals surface area contributed by atoms with Crippen molar-refractivity contribution in [1.82, 2.24) is 15.5 Å². The number of carbonyl (C=O) groups excluding carboxylic acids is 3. The van der Waals surface area contributed by atoms with E-state index in [-0.39, 0.29) is 11.7 Å². The van der Waals surface area contributed by atoms with Crippen LogP contribution in [0.25, 0.3) is 0 Å². The summed E-state index contributed by atoms with van der Waals surface area (Å²) in [6, 6.07) is 13.1. The fraction of sp³-hybridized carbons (Fsp3) is 0.304. The maximum Gasteiger partial charge on any atom is 0.325 e. The van der Waals surface area contributed by atoms with Crippen LogP contribution in [0.1, 0.15) is 43.5 Å². The van der Waals surface area contributed by atoms with Crippen molar-refractivity contribution in [1.29, 1.82) is 5.26 Å². The van der Waals surface area contributed by atoms with Gasteiger partial charge >= 0.3 is 6.03 Å². The third-order valence-electron chi connectivity index (χ3n) is 5.38. The molecule has 4 amide bonds. The van der Waals surface area contributed by atoms with E-state index in [1.165, 1.54) is 12.1 Å². The number of rotatable bonds is 6. The zero-order chi connectivity index (χ0) is 22.8. The molecule has 2 N–H and O–H groups in total. The molecule has 31 heavy (non-hydrogen) atoms. The number of nitriles is 1. The molecular formula is C23H23FN4O3. The van der Waals surface area contributed by atoms with Crippen LogP contribution in [-0.2, 0) is 15.1 Å². The maximum absolute atomic E-state index is 13.2. The SMILES string of the molecule is CC(C)C(NC(=O)CN1C(=O)NC(C)(c2ccc(C#N)cc2)C1=O)c1ccc(F)cc1. The normalized spacial score (nSPS) is 19.2. The minimum absolute atomic E-state index is 0.00133. The Morgan fingerprint density at radius 2 is 1.77 bits per heavy atom. The van der Waals surface area contributed by atoms with E-state index >= 15 is 0 Å².